The van der Waals surface area contributed by atoms with Gasteiger partial charge in [-0.05, 0) is 28.1 Å². The predicted molar refractivity (Wildman–Crippen MR) is 90.8 cm³/mol. The maximum Gasteiger partial charge on any atom is 0.344 e. The monoisotopic (exact) mass is 424 g/mol. The van der Waals surface area contributed by atoms with Gasteiger partial charge in [-0.2, -0.15) is 0 Å². The lowest BCUT2D eigenvalue weighted by Gasteiger charge is -2.11. The zero-order chi connectivity index (χ0) is 19.4. The summed E-state index contributed by atoms with van der Waals surface area (Å²) in [7, 11) is 1.28. The molecule has 2 rings (SSSR count). The Morgan fingerprint density at radius 1 is 1.08 bits per heavy atom. The van der Waals surface area contributed by atoms with Crippen LogP contribution in [0.4, 0.5) is 11.4 Å². The molecule has 0 bridgehead atoms. The van der Waals surface area contributed by atoms with Gasteiger partial charge in [-0.25, -0.2) is 4.79 Å². The number of esters is 1. The first kappa shape index (κ1) is 19.0. The average Bonchev–Trinajstić information content (AvgIpc) is 2.62. The molecule has 26 heavy (non-hydrogen) atoms. The SMILES string of the molecule is COc1cc(C=O)cc(Br)c1OC(=O)c1cc([N+](=O)[O-])cc([N+](=O)[O-])c1. The highest BCUT2D eigenvalue weighted by Gasteiger charge is 2.23. The Labute approximate surface area is 153 Å². The number of carbonyl (C=O) groups excluding carboxylic acids is 2. The summed E-state index contributed by atoms with van der Waals surface area (Å²) in [5.41, 5.74) is -1.40. The van der Waals surface area contributed by atoms with Crippen LogP contribution in [-0.2, 0) is 0 Å². The normalized spacial score (nSPS) is 10.1. The second kappa shape index (κ2) is 7.70. The number of aldehydes is 1. The van der Waals surface area contributed by atoms with Crippen molar-refractivity contribution in [2.45, 2.75) is 0 Å². The minimum Gasteiger partial charge on any atom is -0.493 e. The minimum absolute atomic E-state index is 0.0507. The highest BCUT2D eigenvalue weighted by molar-refractivity contribution is 9.10. The number of nitro benzene ring substituents is 2. The van der Waals surface area contributed by atoms with E-state index < -0.39 is 27.2 Å². The van der Waals surface area contributed by atoms with Gasteiger partial charge in [-0.15, -0.1) is 0 Å². The maximum absolute atomic E-state index is 12.3. The van der Waals surface area contributed by atoms with Gasteiger partial charge in [-0.3, -0.25) is 25.0 Å². The van der Waals surface area contributed by atoms with E-state index in [-0.39, 0.29) is 27.1 Å². The molecule has 134 valence electrons. The molecule has 0 amide bonds. The molecule has 0 aromatic heterocycles. The van der Waals surface area contributed by atoms with Crippen LogP contribution in [0.5, 0.6) is 11.5 Å². The van der Waals surface area contributed by atoms with Gasteiger partial charge in [-0.1, -0.05) is 0 Å². The van der Waals surface area contributed by atoms with Crippen molar-refractivity contribution < 1.29 is 28.9 Å². The lowest BCUT2D eigenvalue weighted by Crippen LogP contribution is -2.11. The van der Waals surface area contributed by atoms with E-state index in [0.717, 1.165) is 18.2 Å². The fourth-order valence-corrected chi connectivity index (χ4v) is 2.52. The van der Waals surface area contributed by atoms with Crippen LogP contribution in [0.2, 0.25) is 0 Å². The Morgan fingerprint density at radius 3 is 2.12 bits per heavy atom. The number of nitrogens with zero attached hydrogens (tertiary/aromatic N) is 2. The largest absolute Gasteiger partial charge is 0.493 e. The summed E-state index contributed by atoms with van der Waals surface area (Å²) in [4.78, 5) is 43.3. The zero-order valence-electron chi connectivity index (χ0n) is 13.0. The van der Waals surface area contributed by atoms with Crippen LogP contribution in [0.25, 0.3) is 0 Å². The number of nitro groups is 2. The summed E-state index contributed by atoms with van der Waals surface area (Å²) < 4.78 is 10.4. The van der Waals surface area contributed by atoms with E-state index in [1.807, 2.05) is 0 Å². The van der Waals surface area contributed by atoms with Gasteiger partial charge >= 0.3 is 5.97 Å². The van der Waals surface area contributed by atoms with Crippen LogP contribution < -0.4 is 9.47 Å². The Hall–Kier alpha value is -3.34. The van der Waals surface area contributed by atoms with Gasteiger partial charge in [0, 0.05) is 17.7 Å². The third kappa shape index (κ3) is 4.00. The van der Waals surface area contributed by atoms with E-state index in [2.05, 4.69) is 15.9 Å². The van der Waals surface area contributed by atoms with E-state index in [1.165, 1.54) is 19.2 Å². The van der Waals surface area contributed by atoms with E-state index in [9.17, 15) is 29.8 Å². The molecule has 2 aromatic carbocycles. The quantitative estimate of drug-likeness (QED) is 0.226. The molecule has 0 spiro atoms. The molecule has 0 aliphatic heterocycles. The number of hydrogen-bond donors (Lipinski definition) is 0. The lowest BCUT2D eigenvalue weighted by atomic mass is 10.1. The van der Waals surface area contributed by atoms with Crippen molar-refractivity contribution in [3.63, 3.8) is 0 Å². The first-order valence-corrected chi connectivity index (χ1v) is 7.55. The summed E-state index contributed by atoms with van der Waals surface area (Å²) in [6.07, 6.45) is 0.558. The number of carbonyl (C=O) groups is 2. The number of ether oxygens (including phenoxy) is 2. The highest BCUT2D eigenvalue weighted by Crippen LogP contribution is 2.37. The molecule has 0 heterocycles. The van der Waals surface area contributed by atoms with Crippen molar-refractivity contribution in [1.82, 2.24) is 0 Å². The van der Waals surface area contributed by atoms with Crippen molar-refractivity contribution in [2.75, 3.05) is 7.11 Å². The number of halogens is 1. The summed E-state index contributed by atoms with van der Waals surface area (Å²) in [5, 5.41) is 21.8. The fourth-order valence-electron chi connectivity index (χ4n) is 1.98. The lowest BCUT2D eigenvalue weighted by molar-refractivity contribution is -0.394. The third-order valence-electron chi connectivity index (χ3n) is 3.14. The molecule has 0 aliphatic rings. The molecule has 10 nitrogen and oxygen atoms in total. The second-order valence-electron chi connectivity index (χ2n) is 4.79. The van der Waals surface area contributed by atoms with Crippen LogP contribution in [-0.4, -0.2) is 29.2 Å². The molecule has 2 aromatic rings. The molecule has 0 fully saturated rings. The van der Waals surface area contributed by atoms with Crippen molar-refractivity contribution in [3.05, 3.63) is 66.2 Å². The molecule has 0 atom stereocenters. The molecule has 0 saturated heterocycles. The molecule has 0 saturated carbocycles. The third-order valence-corrected chi connectivity index (χ3v) is 3.73. The molecule has 0 N–H and O–H groups in total. The van der Waals surface area contributed by atoms with E-state index in [0.29, 0.717) is 6.29 Å². The van der Waals surface area contributed by atoms with Gasteiger partial charge in [0.05, 0.1) is 33.1 Å². The topological polar surface area (TPSA) is 139 Å². The van der Waals surface area contributed by atoms with E-state index in [4.69, 9.17) is 9.47 Å². The summed E-state index contributed by atoms with van der Waals surface area (Å²) in [5.74, 6) is -1.11. The number of hydrogen-bond acceptors (Lipinski definition) is 8. The summed E-state index contributed by atoms with van der Waals surface area (Å²) in [6.45, 7) is 0. The van der Waals surface area contributed by atoms with Gasteiger partial charge in [0.2, 0.25) is 0 Å². The fraction of sp³-hybridized carbons (Fsp3) is 0.0667. The maximum atomic E-state index is 12.3. The molecule has 0 unspecified atom stereocenters. The van der Waals surface area contributed by atoms with Crippen LogP contribution in [0.3, 0.4) is 0 Å². The Bertz CT molecular complexity index is 896. The standard InChI is InChI=1S/C15H9BrN2O8/c1-25-13-3-8(7-19)2-12(16)14(13)26-15(20)9-4-10(17(21)22)6-11(5-9)18(23)24/h2-7H,1H3. The highest BCUT2D eigenvalue weighted by atomic mass is 79.9. The van der Waals surface area contributed by atoms with Crippen LogP contribution in [0.15, 0.2) is 34.8 Å². The minimum atomic E-state index is -1.07. The van der Waals surface area contributed by atoms with Crippen LogP contribution >= 0.6 is 15.9 Å². The average molecular weight is 425 g/mol. The molecule has 0 radical (unpaired) electrons. The predicted octanol–water partition coefficient (Wildman–Crippen LogP) is 3.31. The van der Waals surface area contributed by atoms with Gasteiger partial charge in [0.15, 0.2) is 11.5 Å². The molecular weight excluding hydrogens is 416 g/mol. The van der Waals surface area contributed by atoms with Gasteiger partial charge < -0.3 is 9.47 Å². The zero-order valence-corrected chi connectivity index (χ0v) is 14.6. The van der Waals surface area contributed by atoms with Crippen molar-refractivity contribution >= 4 is 39.6 Å². The van der Waals surface area contributed by atoms with Crippen LogP contribution in [0, 0.1) is 20.2 Å². The van der Waals surface area contributed by atoms with Crippen molar-refractivity contribution in [1.29, 1.82) is 0 Å². The number of methoxy groups -OCH3 is 1. The molecular formula is C15H9BrN2O8. The molecule has 0 aliphatic carbocycles. The van der Waals surface area contributed by atoms with E-state index >= 15 is 0 Å². The Morgan fingerprint density at radius 2 is 1.65 bits per heavy atom. The van der Waals surface area contributed by atoms with Gasteiger partial charge in [0.1, 0.15) is 6.29 Å². The second-order valence-corrected chi connectivity index (χ2v) is 5.65. The van der Waals surface area contributed by atoms with Crippen molar-refractivity contribution in [3.8, 4) is 11.5 Å². The number of benzene rings is 2. The molecule has 11 heteroatoms. The summed E-state index contributed by atoms with van der Waals surface area (Å²) in [6, 6.07) is 5.13. The Balaban J connectivity index is 2.46. The first-order chi connectivity index (χ1) is 12.3. The first-order valence-electron chi connectivity index (χ1n) is 6.75. The summed E-state index contributed by atoms with van der Waals surface area (Å²) >= 11 is 3.12. The van der Waals surface area contributed by atoms with Crippen LogP contribution in [0.1, 0.15) is 20.7 Å². The Kier molecular flexibility index (Phi) is 5.62. The van der Waals surface area contributed by atoms with Crippen molar-refractivity contribution in [2.24, 2.45) is 0 Å². The number of rotatable bonds is 6. The number of non-ortho nitro benzene ring substituents is 2. The van der Waals surface area contributed by atoms with Gasteiger partial charge in [0.25, 0.3) is 11.4 Å². The van der Waals surface area contributed by atoms with E-state index in [1.54, 1.807) is 0 Å². The smallest absolute Gasteiger partial charge is 0.344 e.